The zero-order chi connectivity index (χ0) is 29.5. The molecule has 0 spiro atoms. The fourth-order valence-corrected chi connectivity index (χ4v) is 4.76. The zero-order valence-electron chi connectivity index (χ0n) is 22.1. The standard InChI is InChI=1S/C29H28N2O10/c1-3-5-6-7-23(41-29(33)19-10-14-21(15-11-19)31(36)37)25-17-27-26(39-25)16-24(38-27)22(4-2)40-28(32)18-8-12-20(13-9-18)30(34)35/h2,5-6,8-15,22-27H,3,7,16-17H2,1H3/b6-5+. The van der Waals surface area contributed by atoms with Crippen LogP contribution in [0.15, 0.2) is 60.7 Å². The summed E-state index contributed by atoms with van der Waals surface area (Å²) in [5.74, 6) is 1.08. The van der Waals surface area contributed by atoms with Crippen molar-refractivity contribution in [2.24, 2.45) is 0 Å². The molecule has 0 amide bonds. The molecule has 12 nitrogen and oxygen atoms in total. The minimum absolute atomic E-state index is 0.114. The van der Waals surface area contributed by atoms with Crippen LogP contribution in [-0.4, -0.2) is 58.4 Å². The first-order valence-electron chi connectivity index (χ1n) is 13.0. The topological polar surface area (TPSA) is 157 Å². The van der Waals surface area contributed by atoms with Gasteiger partial charge in [-0.1, -0.05) is 25.0 Å². The summed E-state index contributed by atoms with van der Waals surface area (Å²) in [6.07, 6.45) is 7.98. The molecular formula is C29H28N2O10. The maximum atomic E-state index is 12.8. The van der Waals surface area contributed by atoms with Crippen molar-refractivity contribution in [3.8, 4) is 12.3 Å². The number of nitro benzene ring substituents is 2. The van der Waals surface area contributed by atoms with Gasteiger partial charge in [0.2, 0.25) is 0 Å². The number of nitrogens with zero attached hydrogens (tertiary/aromatic N) is 2. The second-order valence-corrected chi connectivity index (χ2v) is 9.56. The number of fused-ring (bicyclic) bond motifs is 1. The molecule has 0 N–H and O–H groups in total. The Morgan fingerprint density at radius 3 is 1.88 bits per heavy atom. The van der Waals surface area contributed by atoms with Crippen LogP contribution in [-0.2, 0) is 18.9 Å². The minimum Gasteiger partial charge on any atom is -0.456 e. The maximum Gasteiger partial charge on any atom is 0.339 e. The number of terminal acetylenes is 1. The van der Waals surface area contributed by atoms with Crippen molar-refractivity contribution in [1.82, 2.24) is 0 Å². The molecule has 6 atom stereocenters. The molecule has 0 aromatic heterocycles. The third-order valence-corrected chi connectivity index (χ3v) is 6.85. The van der Waals surface area contributed by atoms with Gasteiger partial charge in [-0.15, -0.1) is 6.42 Å². The Labute approximate surface area is 235 Å². The molecule has 2 aliphatic heterocycles. The number of hydrogen-bond donors (Lipinski definition) is 0. The number of ether oxygens (including phenoxy) is 4. The summed E-state index contributed by atoms with van der Waals surface area (Å²) in [6.45, 7) is 1.98. The number of hydrogen-bond acceptors (Lipinski definition) is 10. The lowest BCUT2D eigenvalue weighted by molar-refractivity contribution is -0.385. The van der Waals surface area contributed by atoms with Crippen LogP contribution in [0.3, 0.4) is 0 Å². The van der Waals surface area contributed by atoms with E-state index >= 15 is 0 Å². The monoisotopic (exact) mass is 564 g/mol. The Balaban J connectivity index is 1.36. The van der Waals surface area contributed by atoms with Gasteiger partial charge >= 0.3 is 11.9 Å². The molecule has 6 unspecified atom stereocenters. The Morgan fingerprint density at radius 1 is 0.902 bits per heavy atom. The molecule has 2 heterocycles. The maximum absolute atomic E-state index is 12.8. The summed E-state index contributed by atoms with van der Waals surface area (Å²) in [5, 5.41) is 21.7. The first-order valence-corrected chi connectivity index (χ1v) is 13.0. The van der Waals surface area contributed by atoms with Crippen LogP contribution < -0.4 is 0 Å². The van der Waals surface area contributed by atoms with E-state index in [-0.39, 0.29) is 34.7 Å². The quantitative estimate of drug-likeness (QED) is 0.125. The highest BCUT2D eigenvalue weighted by Gasteiger charge is 2.49. The lowest BCUT2D eigenvalue weighted by atomic mass is 10.0. The molecule has 2 aromatic carbocycles. The lowest BCUT2D eigenvalue weighted by Gasteiger charge is -2.25. The van der Waals surface area contributed by atoms with Crippen molar-refractivity contribution in [3.63, 3.8) is 0 Å². The van der Waals surface area contributed by atoms with E-state index in [2.05, 4.69) is 5.92 Å². The Hall–Kier alpha value is -4.60. The van der Waals surface area contributed by atoms with Crippen LogP contribution in [0, 0.1) is 32.6 Å². The van der Waals surface area contributed by atoms with Crippen molar-refractivity contribution in [3.05, 3.63) is 92.0 Å². The van der Waals surface area contributed by atoms with E-state index in [0.29, 0.717) is 19.3 Å². The van der Waals surface area contributed by atoms with E-state index in [0.717, 1.165) is 6.42 Å². The molecule has 2 aromatic rings. The van der Waals surface area contributed by atoms with Crippen LogP contribution in [0.2, 0.25) is 0 Å². The van der Waals surface area contributed by atoms with E-state index in [4.69, 9.17) is 25.4 Å². The molecule has 12 heteroatoms. The Bertz CT molecular complexity index is 1340. The number of carbonyl (C=O) groups excluding carboxylic acids is 2. The summed E-state index contributed by atoms with van der Waals surface area (Å²) in [6, 6.07) is 10.1. The number of allylic oxidation sites excluding steroid dienone is 1. The van der Waals surface area contributed by atoms with Gasteiger partial charge in [0.25, 0.3) is 11.4 Å². The third-order valence-electron chi connectivity index (χ3n) is 6.85. The number of rotatable bonds is 11. The summed E-state index contributed by atoms with van der Waals surface area (Å²) in [4.78, 5) is 46.0. The van der Waals surface area contributed by atoms with E-state index in [1.165, 1.54) is 48.5 Å². The molecule has 0 radical (unpaired) electrons. The molecule has 0 aliphatic carbocycles. The highest BCUT2D eigenvalue weighted by Crippen LogP contribution is 2.38. The number of benzene rings is 2. The molecule has 41 heavy (non-hydrogen) atoms. The number of carbonyl (C=O) groups is 2. The number of esters is 2. The van der Waals surface area contributed by atoms with E-state index < -0.39 is 46.2 Å². The third kappa shape index (κ3) is 7.13. The smallest absolute Gasteiger partial charge is 0.339 e. The van der Waals surface area contributed by atoms with Crippen molar-refractivity contribution >= 4 is 23.3 Å². The predicted molar refractivity (Wildman–Crippen MR) is 144 cm³/mol. The molecule has 0 bridgehead atoms. The SMILES string of the molecule is C#CC(OC(=O)c1ccc([N+](=O)[O-])cc1)C1CC2OC(C(C/C=C/CC)OC(=O)c3ccc([N+](=O)[O-])cc3)CC2O1. The van der Waals surface area contributed by atoms with Gasteiger partial charge in [0.1, 0.15) is 12.2 Å². The van der Waals surface area contributed by atoms with Gasteiger partial charge in [0, 0.05) is 43.5 Å². The summed E-state index contributed by atoms with van der Waals surface area (Å²) in [7, 11) is 0. The molecule has 2 saturated heterocycles. The highest BCUT2D eigenvalue weighted by atomic mass is 16.6. The van der Waals surface area contributed by atoms with Crippen molar-refractivity contribution in [2.75, 3.05) is 0 Å². The van der Waals surface area contributed by atoms with Crippen molar-refractivity contribution < 1.29 is 38.4 Å². The van der Waals surface area contributed by atoms with Crippen LogP contribution in [0.4, 0.5) is 11.4 Å². The van der Waals surface area contributed by atoms with Gasteiger partial charge in [0.15, 0.2) is 6.10 Å². The molecular weight excluding hydrogens is 536 g/mol. The predicted octanol–water partition coefficient (Wildman–Crippen LogP) is 4.56. The zero-order valence-corrected chi connectivity index (χ0v) is 22.1. The highest BCUT2D eigenvalue weighted by molar-refractivity contribution is 5.90. The molecule has 2 fully saturated rings. The van der Waals surface area contributed by atoms with Crippen LogP contribution in [0.1, 0.15) is 53.3 Å². The lowest BCUT2D eigenvalue weighted by Crippen LogP contribution is -2.34. The number of non-ortho nitro benzene ring substituents is 2. The average molecular weight is 565 g/mol. The van der Waals surface area contributed by atoms with Crippen molar-refractivity contribution in [1.29, 1.82) is 0 Å². The second kappa shape index (κ2) is 13.2. The largest absolute Gasteiger partial charge is 0.456 e. The Kier molecular flexibility index (Phi) is 9.44. The van der Waals surface area contributed by atoms with E-state index in [1.54, 1.807) is 0 Å². The van der Waals surface area contributed by atoms with Crippen LogP contribution in [0.25, 0.3) is 0 Å². The molecule has 214 valence electrons. The van der Waals surface area contributed by atoms with Crippen LogP contribution >= 0.6 is 0 Å². The molecule has 2 aliphatic rings. The first kappa shape index (κ1) is 29.4. The van der Waals surface area contributed by atoms with Gasteiger partial charge in [-0.25, -0.2) is 9.59 Å². The fraction of sp³-hybridized carbons (Fsp3) is 0.379. The Morgan fingerprint density at radius 2 is 1.39 bits per heavy atom. The summed E-state index contributed by atoms with van der Waals surface area (Å²) >= 11 is 0. The van der Waals surface area contributed by atoms with Crippen LogP contribution in [0.5, 0.6) is 0 Å². The fourth-order valence-electron chi connectivity index (χ4n) is 4.76. The first-order chi connectivity index (χ1) is 19.7. The van der Waals surface area contributed by atoms with Gasteiger partial charge in [-0.05, 0) is 30.7 Å². The summed E-state index contributed by atoms with van der Waals surface area (Å²) < 4.78 is 23.5. The molecule has 4 rings (SSSR count). The van der Waals surface area contributed by atoms with Gasteiger partial charge in [0.05, 0.1) is 39.3 Å². The number of nitro groups is 2. The normalized spacial score (nSPS) is 22.8. The van der Waals surface area contributed by atoms with Gasteiger partial charge in [-0.2, -0.15) is 0 Å². The summed E-state index contributed by atoms with van der Waals surface area (Å²) in [5.41, 5.74) is 0.00592. The van der Waals surface area contributed by atoms with Gasteiger partial charge in [-0.3, -0.25) is 20.2 Å². The minimum atomic E-state index is -1.01. The average Bonchev–Trinajstić information content (AvgIpc) is 3.55. The van der Waals surface area contributed by atoms with E-state index in [9.17, 15) is 29.8 Å². The molecule has 0 saturated carbocycles. The van der Waals surface area contributed by atoms with Gasteiger partial charge < -0.3 is 18.9 Å². The van der Waals surface area contributed by atoms with Crippen molar-refractivity contribution in [2.45, 2.75) is 69.2 Å². The van der Waals surface area contributed by atoms with E-state index in [1.807, 2.05) is 19.1 Å². The second-order valence-electron chi connectivity index (χ2n) is 9.56.